The van der Waals surface area contributed by atoms with Crippen molar-refractivity contribution in [3.05, 3.63) is 62.8 Å². The van der Waals surface area contributed by atoms with Gasteiger partial charge in [0, 0.05) is 10.7 Å². The van der Waals surface area contributed by atoms with Crippen LogP contribution < -0.4 is 5.32 Å². The molecule has 0 amide bonds. The van der Waals surface area contributed by atoms with Crippen LogP contribution in [0, 0.1) is 5.82 Å². The Labute approximate surface area is 132 Å². The van der Waals surface area contributed by atoms with E-state index in [1.807, 2.05) is 31.2 Å². The SMILES string of the molecule is CCC(Nc1cc(Cl)c(F)c(Cl)c1)c1cccc(Cl)c1. The fourth-order valence-corrected chi connectivity index (χ4v) is 2.67. The Bertz CT molecular complexity index is 593. The molecule has 0 aliphatic carbocycles. The molecule has 0 bridgehead atoms. The van der Waals surface area contributed by atoms with Gasteiger partial charge in [-0.05, 0) is 36.2 Å². The van der Waals surface area contributed by atoms with Gasteiger partial charge < -0.3 is 5.32 Å². The second kappa shape index (κ2) is 6.66. The quantitative estimate of drug-likeness (QED) is 0.643. The topological polar surface area (TPSA) is 12.0 Å². The van der Waals surface area contributed by atoms with Gasteiger partial charge >= 0.3 is 0 Å². The summed E-state index contributed by atoms with van der Waals surface area (Å²) in [6.07, 6.45) is 0.840. The lowest BCUT2D eigenvalue weighted by Gasteiger charge is -2.19. The standard InChI is InChI=1S/C15H13Cl3FN/c1-2-14(9-4-3-5-10(16)6-9)20-11-7-12(17)15(19)13(18)8-11/h3-8,14,20H,2H2,1H3. The summed E-state index contributed by atoms with van der Waals surface area (Å²) in [5, 5.41) is 3.97. The van der Waals surface area contributed by atoms with Crippen molar-refractivity contribution in [2.75, 3.05) is 5.32 Å². The number of rotatable bonds is 4. The largest absolute Gasteiger partial charge is 0.378 e. The fourth-order valence-electron chi connectivity index (χ4n) is 1.98. The second-order valence-electron chi connectivity index (χ2n) is 4.41. The molecule has 1 N–H and O–H groups in total. The van der Waals surface area contributed by atoms with E-state index in [0.717, 1.165) is 12.0 Å². The van der Waals surface area contributed by atoms with Gasteiger partial charge in [0.1, 0.15) is 0 Å². The third-order valence-electron chi connectivity index (χ3n) is 2.98. The van der Waals surface area contributed by atoms with Crippen LogP contribution in [0.2, 0.25) is 15.1 Å². The van der Waals surface area contributed by atoms with Gasteiger partial charge in [-0.25, -0.2) is 4.39 Å². The number of benzene rings is 2. The molecule has 0 fully saturated rings. The van der Waals surface area contributed by atoms with Crippen LogP contribution in [0.25, 0.3) is 0 Å². The van der Waals surface area contributed by atoms with Crippen molar-refractivity contribution in [2.45, 2.75) is 19.4 Å². The summed E-state index contributed by atoms with van der Waals surface area (Å²) in [7, 11) is 0. The summed E-state index contributed by atoms with van der Waals surface area (Å²) >= 11 is 17.6. The van der Waals surface area contributed by atoms with Crippen molar-refractivity contribution in [3.63, 3.8) is 0 Å². The van der Waals surface area contributed by atoms with Gasteiger partial charge in [0.25, 0.3) is 0 Å². The molecule has 1 nitrogen and oxygen atoms in total. The number of halogens is 4. The summed E-state index contributed by atoms with van der Waals surface area (Å²) in [4.78, 5) is 0. The molecule has 0 heterocycles. The summed E-state index contributed by atoms with van der Waals surface area (Å²) in [5.74, 6) is -0.602. The van der Waals surface area contributed by atoms with E-state index in [9.17, 15) is 4.39 Å². The van der Waals surface area contributed by atoms with Crippen LogP contribution in [0.5, 0.6) is 0 Å². The van der Waals surface area contributed by atoms with E-state index in [0.29, 0.717) is 10.7 Å². The maximum absolute atomic E-state index is 13.4. The van der Waals surface area contributed by atoms with E-state index in [1.165, 1.54) is 12.1 Å². The van der Waals surface area contributed by atoms with Crippen LogP contribution in [-0.2, 0) is 0 Å². The number of nitrogens with one attached hydrogen (secondary N) is 1. The zero-order valence-corrected chi connectivity index (χ0v) is 13.0. The number of hydrogen-bond acceptors (Lipinski definition) is 1. The Morgan fingerprint density at radius 2 is 1.75 bits per heavy atom. The molecule has 0 saturated carbocycles. The van der Waals surface area contributed by atoms with Crippen LogP contribution in [-0.4, -0.2) is 0 Å². The van der Waals surface area contributed by atoms with Gasteiger partial charge in [0.05, 0.1) is 16.1 Å². The lowest BCUT2D eigenvalue weighted by Crippen LogP contribution is -2.09. The minimum absolute atomic E-state index is 0.000877. The molecule has 2 rings (SSSR count). The summed E-state index contributed by atoms with van der Waals surface area (Å²) in [6.45, 7) is 2.05. The van der Waals surface area contributed by atoms with Crippen molar-refractivity contribution in [1.29, 1.82) is 0 Å². The Morgan fingerprint density at radius 1 is 1.10 bits per heavy atom. The van der Waals surface area contributed by atoms with E-state index in [4.69, 9.17) is 34.8 Å². The molecule has 20 heavy (non-hydrogen) atoms. The Kier molecular flexibility index (Phi) is 5.14. The molecule has 5 heteroatoms. The number of anilines is 1. The first-order valence-corrected chi connectivity index (χ1v) is 7.31. The molecule has 2 aromatic rings. The van der Waals surface area contributed by atoms with Crippen molar-refractivity contribution in [1.82, 2.24) is 0 Å². The van der Waals surface area contributed by atoms with Crippen molar-refractivity contribution < 1.29 is 4.39 Å². The number of hydrogen-bond donors (Lipinski definition) is 1. The van der Waals surface area contributed by atoms with Crippen LogP contribution in [0.4, 0.5) is 10.1 Å². The average Bonchev–Trinajstić information content (AvgIpc) is 2.42. The molecule has 1 atom stereocenters. The molecule has 1 unspecified atom stereocenters. The minimum atomic E-state index is -0.602. The van der Waals surface area contributed by atoms with Crippen LogP contribution in [0.1, 0.15) is 24.9 Å². The summed E-state index contributed by atoms with van der Waals surface area (Å²) < 4.78 is 13.4. The second-order valence-corrected chi connectivity index (χ2v) is 5.66. The predicted octanol–water partition coefficient (Wildman–Crippen LogP) is 6.35. The minimum Gasteiger partial charge on any atom is -0.378 e. The van der Waals surface area contributed by atoms with Gasteiger partial charge in [0.2, 0.25) is 0 Å². The van der Waals surface area contributed by atoms with Crippen LogP contribution >= 0.6 is 34.8 Å². The molecule has 0 saturated heterocycles. The predicted molar refractivity (Wildman–Crippen MR) is 84.5 cm³/mol. The average molecular weight is 333 g/mol. The Morgan fingerprint density at radius 3 is 2.30 bits per heavy atom. The Hall–Kier alpha value is -0.960. The van der Waals surface area contributed by atoms with Crippen molar-refractivity contribution >= 4 is 40.5 Å². The van der Waals surface area contributed by atoms with Crippen molar-refractivity contribution in [3.8, 4) is 0 Å². The van der Waals surface area contributed by atoms with Crippen molar-refractivity contribution in [2.24, 2.45) is 0 Å². The van der Waals surface area contributed by atoms with E-state index in [-0.39, 0.29) is 16.1 Å². The highest BCUT2D eigenvalue weighted by molar-refractivity contribution is 6.35. The molecule has 2 aromatic carbocycles. The fraction of sp³-hybridized carbons (Fsp3) is 0.200. The van der Waals surface area contributed by atoms with Crippen LogP contribution in [0.3, 0.4) is 0 Å². The summed E-state index contributed by atoms with van der Waals surface area (Å²) in [6, 6.07) is 10.7. The highest BCUT2D eigenvalue weighted by Gasteiger charge is 2.12. The molecule has 0 aromatic heterocycles. The third kappa shape index (κ3) is 3.57. The Balaban J connectivity index is 2.27. The van der Waals surface area contributed by atoms with Gasteiger partial charge in [-0.2, -0.15) is 0 Å². The van der Waals surface area contributed by atoms with E-state index in [2.05, 4.69) is 5.32 Å². The van der Waals surface area contributed by atoms with Gasteiger partial charge in [0.15, 0.2) is 5.82 Å². The van der Waals surface area contributed by atoms with Crippen LogP contribution in [0.15, 0.2) is 36.4 Å². The van der Waals surface area contributed by atoms with Gasteiger partial charge in [-0.3, -0.25) is 0 Å². The molecule has 0 spiro atoms. The monoisotopic (exact) mass is 331 g/mol. The van der Waals surface area contributed by atoms with E-state index in [1.54, 1.807) is 0 Å². The van der Waals surface area contributed by atoms with Gasteiger partial charge in [-0.15, -0.1) is 0 Å². The lowest BCUT2D eigenvalue weighted by molar-refractivity contribution is 0.628. The molecule has 0 aliphatic heterocycles. The molecule has 0 radical (unpaired) electrons. The normalized spacial score (nSPS) is 12.2. The maximum atomic E-state index is 13.4. The molecular formula is C15H13Cl3FN. The first kappa shape index (κ1) is 15.4. The zero-order valence-electron chi connectivity index (χ0n) is 10.8. The highest BCUT2D eigenvalue weighted by Crippen LogP contribution is 2.30. The first-order valence-electron chi connectivity index (χ1n) is 6.17. The lowest BCUT2D eigenvalue weighted by atomic mass is 10.0. The molecular weight excluding hydrogens is 320 g/mol. The zero-order chi connectivity index (χ0) is 14.7. The molecule has 0 aliphatic rings. The van der Waals surface area contributed by atoms with E-state index < -0.39 is 5.82 Å². The smallest absolute Gasteiger partial charge is 0.160 e. The highest BCUT2D eigenvalue weighted by atomic mass is 35.5. The van der Waals surface area contributed by atoms with E-state index >= 15 is 0 Å². The maximum Gasteiger partial charge on any atom is 0.160 e. The van der Waals surface area contributed by atoms with Gasteiger partial charge in [-0.1, -0.05) is 53.9 Å². The third-order valence-corrected chi connectivity index (χ3v) is 3.77. The molecule has 106 valence electrons. The first-order chi connectivity index (χ1) is 9.51. The summed E-state index contributed by atoms with van der Waals surface area (Å²) in [5.41, 5.74) is 1.73.